The zero-order chi connectivity index (χ0) is 15.4. The Morgan fingerprint density at radius 2 is 2.24 bits per heavy atom. The lowest BCUT2D eigenvalue weighted by Crippen LogP contribution is -2.23. The minimum absolute atomic E-state index is 0.105. The fourth-order valence-corrected chi connectivity index (χ4v) is 2.75. The maximum Gasteiger partial charge on any atom is 0.141 e. The van der Waals surface area contributed by atoms with Crippen molar-refractivity contribution in [1.29, 1.82) is 0 Å². The van der Waals surface area contributed by atoms with E-state index in [-0.39, 0.29) is 6.04 Å². The molecule has 1 atom stereocenters. The third kappa shape index (κ3) is 3.36. The lowest BCUT2D eigenvalue weighted by molar-refractivity contribution is 0.397. The Labute approximate surface area is 130 Å². The number of nitrogens with one attached hydrogen (secondary N) is 1. The molecule has 0 amide bonds. The van der Waals surface area contributed by atoms with E-state index in [0.717, 1.165) is 35.5 Å². The van der Waals surface area contributed by atoms with Crippen LogP contribution in [0.3, 0.4) is 0 Å². The van der Waals surface area contributed by atoms with Crippen molar-refractivity contribution in [2.45, 2.75) is 26.3 Å². The van der Waals surface area contributed by atoms with Crippen molar-refractivity contribution in [2.24, 2.45) is 7.05 Å². The van der Waals surface area contributed by atoms with E-state index in [2.05, 4.69) is 22.3 Å². The molecule has 1 unspecified atom stereocenters. The van der Waals surface area contributed by atoms with Crippen LogP contribution in [0.2, 0.25) is 5.15 Å². The van der Waals surface area contributed by atoms with E-state index in [4.69, 9.17) is 16.3 Å². The summed E-state index contributed by atoms with van der Waals surface area (Å²) in [6.07, 6.45) is 4.27. The molecule has 6 heteroatoms. The molecule has 0 fully saturated rings. The lowest BCUT2D eigenvalue weighted by Gasteiger charge is -2.20. The number of pyridine rings is 1. The van der Waals surface area contributed by atoms with E-state index in [9.17, 15) is 0 Å². The van der Waals surface area contributed by atoms with E-state index in [0.29, 0.717) is 5.15 Å². The average molecular weight is 309 g/mol. The van der Waals surface area contributed by atoms with E-state index < -0.39 is 0 Å². The summed E-state index contributed by atoms with van der Waals surface area (Å²) in [4.78, 5) is 4.11. The molecule has 0 aliphatic rings. The van der Waals surface area contributed by atoms with Gasteiger partial charge in [0, 0.05) is 30.4 Å². The van der Waals surface area contributed by atoms with Gasteiger partial charge in [-0.05, 0) is 26.0 Å². The second-order valence-corrected chi connectivity index (χ2v) is 5.27. The molecule has 2 aromatic rings. The topological polar surface area (TPSA) is 52.0 Å². The normalized spacial score (nSPS) is 12.4. The van der Waals surface area contributed by atoms with E-state index in [1.807, 2.05) is 20.0 Å². The van der Waals surface area contributed by atoms with Crippen LogP contribution in [0.25, 0.3) is 0 Å². The predicted molar refractivity (Wildman–Crippen MR) is 83.9 cm³/mol. The van der Waals surface area contributed by atoms with Crippen LogP contribution in [-0.2, 0) is 13.5 Å². The van der Waals surface area contributed by atoms with Crippen LogP contribution in [0.4, 0.5) is 0 Å². The maximum atomic E-state index is 6.35. The first kappa shape index (κ1) is 15.8. The number of hydrogen-bond acceptors (Lipinski definition) is 4. The Morgan fingerprint density at radius 3 is 2.81 bits per heavy atom. The smallest absolute Gasteiger partial charge is 0.141 e. The van der Waals surface area contributed by atoms with Crippen molar-refractivity contribution < 1.29 is 4.74 Å². The van der Waals surface area contributed by atoms with E-state index in [1.165, 1.54) is 0 Å². The molecular formula is C15H21ClN4O. The average Bonchev–Trinajstić information content (AvgIpc) is 2.73. The molecule has 21 heavy (non-hydrogen) atoms. The minimum Gasteiger partial charge on any atom is -0.495 e. The second kappa shape index (κ2) is 6.91. The van der Waals surface area contributed by atoms with Gasteiger partial charge >= 0.3 is 0 Å². The van der Waals surface area contributed by atoms with Gasteiger partial charge in [-0.2, -0.15) is 5.10 Å². The number of methoxy groups -OCH3 is 1. The monoisotopic (exact) mass is 308 g/mol. The van der Waals surface area contributed by atoms with Crippen molar-refractivity contribution in [2.75, 3.05) is 13.7 Å². The molecule has 2 aromatic heterocycles. The van der Waals surface area contributed by atoms with Gasteiger partial charge in [-0.1, -0.05) is 18.5 Å². The van der Waals surface area contributed by atoms with Crippen molar-refractivity contribution in [3.05, 3.63) is 40.4 Å². The number of aryl methyl sites for hydroxylation is 2. The number of halogens is 1. The Hall–Kier alpha value is -1.59. The van der Waals surface area contributed by atoms with Gasteiger partial charge in [0.2, 0.25) is 0 Å². The Balaban J connectivity index is 2.35. The fraction of sp³-hybridized carbons (Fsp3) is 0.467. The van der Waals surface area contributed by atoms with E-state index in [1.54, 1.807) is 24.2 Å². The van der Waals surface area contributed by atoms with Gasteiger partial charge in [0.15, 0.2) is 0 Å². The van der Waals surface area contributed by atoms with Crippen molar-refractivity contribution in [3.8, 4) is 5.75 Å². The first-order chi connectivity index (χ1) is 10.1. The summed E-state index contributed by atoms with van der Waals surface area (Å²) < 4.78 is 7.13. The van der Waals surface area contributed by atoms with Gasteiger partial charge in [0.1, 0.15) is 10.9 Å². The summed E-state index contributed by atoms with van der Waals surface area (Å²) in [5.74, 6) is 0.779. The molecule has 5 nitrogen and oxygen atoms in total. The number of aromatic nitrogens is 3. The maximum absolute atomic E-state index is 6.35. The summed E-state index contributed by atoms with van der Waals surface area (Å²) in [5.41, 5.74) is 3.09. The summed E-state index contributed by atoms with van der Waals surface area (Å²) in [7, 11) is 3.51. The van der Waals surface area contributed by atoms with Crippen molar-refractivity contribution in [1.82, 2.24) is 20.1 Å². The molecule has 0 bridgehead atoms. The molecule has 1 N–H and O–H groups in total. The molecule has 2 rings (SSSR count). The number of rotatable bonds is 6. The van der Waals surface area contributed by atoms with Crippen LogP contribution in [0, 0.1) is 6.92 Å². The third-order valence-corrected chi connectivity index (χ3v) is 4.01. The lowest BCUT2D eigenvalue weighted by atomic mass is 9.99. The molecule has 0 saturated heterocycles. The van der Waals surface area contributed by atoms with Gasteiger partial charge in [-0.15, -0.1) is 0 Å². The van der Waals surface area contributed by atoms with Gasteiger partial charge in [0.25, 0.3) is 0 Å². The van der Waals surface area contributed by atoms with Gasteiger partial charge in [0.05, 0.1) is 19.0 Å². The van der Waals surface area contributed by atoms with Crippen LogP contribution < -0.4 is 10.1 Å². The quantitative estimate of drug-likeness (QED) is 0.891. The highest BCUT2D eigenvalue weighted by atomic mass is 35.5. The highest BCUT2D eigenvalue weighted by molar-refractivity contribution is 6.30. The standard InChI is InChI=1S/C15H21ClN4O/c1-5-18-13(11-6-7-17-9-14(11)21-4)8-12-10(2)19-20(3)15(12)16/h6-7,9,13,18H,5,8H2,1-4H3. The largest absolute Gasteiger partial charge is 0.495 e. The molecule has 2 heterocycles. The first-order valence-corrected chi connectivity index (χ1v) is 7.35. The third-order valence-electron chi connectivity index (χ3n) is 3.54. The Morgan fingerprint density at radius 1 is 1.48 bits per heavy atom. The summed E-state index contributed by atoms with van der Waals surface area (Å²) in [6.45, 7) is 4.92. The zero-order valence-corrected chi connectivity index (χ0v) is 13.6. The van der Waals surface area contributed by atoms with Crippen LogP contribution in [0.1, 0.15) is 29.8 Å². The number of ether oxygens (including phenoxy) is 1. The molecule has 0 spiro atoms. The number of nitrogens with zero attached hydrogens (tertiary/aromatic N) is 3. The molecule has 0 aliphatic heterocycles. The predicted octanol–water partition coefficient (Wildman–Crippen LogP) is 2.68. The Kier molecular flexibility index (Phi) is 5.20. The van der Waals surface area contributed by atoms with Crippen LogP contribution in [-0.4, -0.2) is 28.4 Å². The molecule has 0 aliphatic carbocycles. The summed E-state index contributed by atoms with van der Waals surface area (Å²) >= 11 is 6.35. The molecular weight excluding hydrogens is 288 g/mol. The Bertz CT molecular complexity index is 612. The second-order valence-electron chi connectivity index (χ2n) is 4.91. The number of likely N-dealkylation sites (N-methyl/N-ethyl adjacent to an activating group) is 1. The molecule has 0 saturated carbocycles. The number of hydrogen-bond donors (Lipinski definition) is 1. The van der Waals surface area contributed by atoms with Gasteiger partial charge in [-0.25, -0.2) is 0 Å². The fourth-order valence-electron chi connectivity index (χ4n) is 2.50. The van der Waals surface area contributed by atoms with E-state index >= 15 is 0 Å². The first-order valence-electron chi connectivity index (χ1n) is 6.97. The van der Waals surface area contributed by atoms with Crippen LogP contribution >= 0.6 is 11.6 Å². The highest BCUT2D eigenvalue weighted by Gasteiger charge is 2.20. The summed E-state index contributed by atoms with van der Waals surface area (Å²) in [6, 6.07) is 2.08. The highest BCUT2D eigenvalue weighted by Crippen LogP contribution is 2.30. The SMILES string of the molecule is CCNC(Cc1c(C)nn(C)c1Cl)c1ccncc1OC. The van der Waals surface area contributed by atoms with Crippen LogP contribution in [0.15, 0.2) is 18.5 Å². The molecule has 0 radical (unpaired) electrons. The zero-order valence-electron chi connectivity index (χ0n) is 12.9. The van der Waals surface area contributed by atoms with Crippen LogP contribution in [0.5, 0.6) is 5.75 Å². The van der Waals surface area contributed by atoms with Gasteiger partial charge < -0.3 is 10.1 Å². The molecule has 0 aromatic carbocycles. The minimum atomic E-state index is 0.105. The summed E-state index contributed by atoms with van der Waals surface area (Å²) in [5, 5.41) is 8.54. The molecule has 114 valence electrons. The van der Waals surface area contributed by atoms with Gasteiger partial charge in [-0.3, -0.25) is 9.67 Å². The van der Waals surface area contributed by atoms with Crippen molar-refractivity contribution in [3.63, 3.8) is 0 Å². The van der Waals surface area contributed by atoms with Crippen molar-refractivity contribution >= 4 is 11.6 Å².